The zero-order valence-corrected chi connectivity index (χ0v) is 14.7. The lowest BCUT2D eigenvalue weighted by molar-refractivity contribution is -0.0184. The van der Waals surface area contributed by atoms with Gasteiger partial charge in [-0.2, -0.15) is 0 Å². The van der Waals surface area contributed by atoms with E-state index in [0.717, 1.165) is 25.0 Å². The Hall–Kier alpha value is -2.15. The first-order chi connectivity index (χ1) is 12.9. The van der Waals surface area contributed by atoms with Crippen molar-refractivity contribution in [1.29, 1.82) is 0 Å². The van der Waals surface area contributed by atoms with Gasteiger partial charge in [-0.3, -0.25) is 0 Å². The molecule has 0 N–H and O–H groups in total. The molecule has 2 unspecified atom stereocenters. The van der Waals surface area contributed by atoms with Gasteiger partial charge >= 0.3 is 0 Å². The van der Waals surface area contributed by atoms with E-state index in [2.05, 4.69) is 6.92 Å². The molecule has 0 amide bonds. The Morgan fingerprint density at radius 3 is 2.07 bits per heavy atom. The van der Waals surface area contributed by atoms with E-state index in [1.54, 1.807) is 0 Å². The highest BCUT2D eigenvalue weighted by molar-refractivity contribution is 5.33. The van der Waals surface area contributed by atoms with Crippen molar-refractivity contribution < 1.29 is 31.4 Å². The molecular weight excluding hydrogens is 367 g/mol. The summed E-state index contributed by atoms with van der Waals surface area (Å²) < 4.78 is 78.7. The average Bonchev–Trinajstić information content (AvgIpc) is 2.65. The summed E-state index contributed by atoms with van der Waals surface area (Å²) in [7, 11) is 0. The molecule has 2 aromatic carbocycles. The molecule has 0 aromatic heterocycles. The Morgan fingerprint density at radius 1 is 0.926 bits per heavy atom. The molecule has 0 spiro atoms. The minimum atomic E-state index is -1.61. The van der Waals surface area contributed by atoms with E-state index in [4.69, 9.17) is 9.47 Å². The van der Waals surface area contributed by atoms with Crippen molar-refractivity contribution in [3.8, 4) is 5.75 Å². The van der Waals surface area contributed by atoms with Crippen LogP contribution in [0.3, 0.4) is 0 Å². The second-order valence-corrected chi connectivity index (χ2v) is 6.65. The molecule has 0 radical (unpaired) electrons. The van der Waals surface area contributed by atoms with Crippen LogP contribution in [0.15, 0.2) is 24.3 Å². The van der Waals surface area contributed by atoms with Crippen LogP contribution in [0, 0.1) is 35.0 Å². The summed E-state index contributed by atoms with van der Waals surface area (Å²) in [5.74, 6) is -6.49. The summed E-state index contributed by atoms with van der Waals surface area (Å²) >= 11 is 0. The van der Waals surface area contributed by atoms with E-state index in [9.17, 15) is 22.0 Å². The van der Waals surface area contributed by atoms with Crippen LogP contribution < -0.4 is 4.74 Å². The van der Waals surface area contributed by atoms with Crippen LogP contribution in [0.1, 0.15) is 43.4 Å². The van der Waals surface area contributed by atoms with Crippen molar-refractivity contribution in [2.75, 3.05) is 6.61 Å². The van der Waals surface area contributed by atoms with E-state index in [1.165, 1.54) is 0 Å². The summed E-state index contributed by atoms with van der Waals surface area (Å²) in [5, 5.41) is 0. The van der Waals surface area contributed by atoms with Gasteiger partial charge in [-0.1, -0.05) is 13.3 Å². The summed E-state index contributed by atoms with van der Waals surface area (Å²) in [5.41, 5.74) is 0.293. The summed E-state index contributed by atoms with van der Waals surface area (Å²) in [6.45, 7) is 2.10. The van der Waals surface area contributed by atoms with Gasteiger partial charge in [-0.05, 0) is 54.2 Å². The minimum absolute atomic E-state index is 0.0875. The molecule has 0 bridgehead atoms. The maximum Gasteiger partial charge on any atom is 0.194 e. The zero-order valence-electron chi connectivity index (χ0n) is 14.7. The highest BCUT2D eigenvalue weighted by Crippen LogP contribution is 2.35. The fourth-order valence-corrected chi connectivity index (χ4v) is 3.14. The van der Waals surface area contributed by atoms with Crippen LogP contribution in [0.5, 0.6) is 5.75 Å². The molecule has 1 heterocycles. The third-order valence-corrected chi connectivity index (χ3v) is 4.77. The number of halogens is 5. The van der Waals surface area contributed by atoms with Crippen molar-refractivity contribution in [2.24, 2.45) is 5.92 Å². The molecule has 1 fully saturated rings. The first-order valence-corrected chi connectivity index (χ1v) is 8.75. The normalized spacial score (nSPS) is 19.9. The smallest absolute Gasteiger partial charge is 0.194 e. The molecule has 3 rings (SSSR count). The lowest BCUT2D eigenvalue weighted by Crippen LogP contribution is -2.20. The summed E-state index contributed by atoms with van der Waals surface area (Å²) in [6, 6.07) is 3.70. The Balaban J connectivity index is 1.72. The van der Waals surface area contributed by atoms with Crippen LogP contribution in [0.2, 0.25) is 0 Å². The molecule has 2 nitrogen and oxygen atoms in total. The van der Waals surface area contributed by atoms with Crippen molar-refractivity contribution in [1.82, 2.24) is 0 Å². The fraction of sp³-hybridized carbons (Fsp3) is 0.400. The molecule has 1 saturated heterocycles. The van der Waals surface area contributed by atoms with Crippen LogP contribution in [0.4, 0.5) is 22.0 Å². The number of hydrogen-bond acceptors (Lipinski definition) is 2. The molecule has 0 aliphatic carbocycles. The Kier molecular flexibility index (Phi) is 5.99. The molecule has 0 saturated carbocycles. The van der Waals surface area contributed by atoms with E-state index in [1.807, 2.05) is 0 Å². The van der Waals surface area contributed by atoms with Gasteiger partial charge in [0.15, 0.2) is 34.8 Å². The number of benzene rings is 2. The Bertz CT molecular complexity index is 770. The van der Waals surface area contributed by atoms with Gasteiger partial charge in [0.1, 0.15) is 6.61 Å². The molecule has 146 valence electrons. The maximum atomic E-state index is 14.3. The lowest BCUT2D eigenvalue weighted by Gasteiger charge is -2.28. The molecule has 27 heavy (non-hydrogen) atoms. The van der Waals surface area contributed by atoms with Crippen LogP contribution >= 0.6 is 0 Å². The van der Waals surface area contributed by atoms with Crippen molar-refractivity contribution in [3.63, 3.8) is 0 Å². The second kappa shape index (κ2) is 8.25. The highest BCUT2D eigenvalue weighted by atomic mass is 19.2. The van der Waals surface area contributed by atoms with Crippen LogP contribution in [0.25, 0.3) is 0 Å². The molecule has 1 aliphatic rings. The Morgan fingerprint density at radius 2 is 1.56 bits per heavy atom. The van der Waals surface area contributed by atoms with E-state index < -0.39 is 41.4 Å². The maximum absolute atomic E-state index is 14.3. The predicted octanol–water partition coefficient (Wildman–Crippen LogP) is 5.84. The standard InChI is InChI=1S/C20H19F5O2/c1-2-11-3-4-18(26-9-11)13-7-16(23)20(17(24)8-13)27-10-12-5-14(21)19(25)15(22)6-12/h5-8,11,18H,2-4,9-10H2,1H3. The summed E-state index contributed by atoms with van der Waals surface area (Å²) in [6.07, 6.45) is 2.20. The van der Waals surface area contributed by atoms with Gasteiger partial charge in [-0.25, -0.2) is 22.0 Å². The first-order valence-electron chi connectivity index (χ1n) is 8.75. The molecule has 7 heteroatoms. The van der Waals surface area contributed by atoms with Gasteiger partial charge < -0.3 is 9.47 Å². The topological polar surface area (TPSA) is 18.5 Å². The highest BCUT2D eigenvalue weighted by Gasteiger charge is 2.24. The zero-order chi connectivity index (χ0) is 19.6. The monoisotopic (exact) mass is 386 g/mol. The van der Waals surface area contributed by atoms with Gasteiger partial charge in [0.2, 0.25) is 0 Å². The average molecular weight is 386 g/mol. The summed E-state index contributed by atoms with van der Waals surface area (Å²) in [4.78, 5) is 0. The van der Waals surface area contributed by atoms with Gasteiger partial charge in [0, 0.05) is 0 Å². The first kappa shape index (κ1) is 19.6. The second-order valence-electron chi connectivity index (χ2n) is 6.65. The van der Waals surface area contributed by atoms with Crippen LogP contribution in [-0.4, -0.2) is 6.61 Å². The van der Waals surface area contributed by atoms with Gasteiger partial charge in [-0.15, -0.1) is 0 Å². The van der Waals surface area contributed by atoms with Crippen molar-refractivity contribution >= 4 is 0 Å². The minimum Gasteiger partial charge on any atom is -0.483 e. The SMILES string of the molecule is CCC1CCC(c2cc(F)c(OCc3cc(F)c(F)c(F)c3)c(F)c2)OC1. The molecule has 2 aromatic rings. The van der Waals surface area contributed by atoms with Crippen molar-refractivity contribution in [3.05, 3.63) is 64.5 Å². The van der Waals surface area contributed by atoms with Crippen molar-refractivity contribution in [2.45, 2.75) is 38.9 Å². The third-order valence-electron chi connectivity index (χ3n) is 4.77. The predicted molar refractivity (Wildman–Crippen MR) is 88.7 cm³/mol. The van der Waals surface area contributed by atoms with E-state index in [0.29, 0.717) is 36.6 Å². The number of rotatable bonds is 5. The number of ether oxygens (including phenoxy) is 2. The largest absolute Gasteiger partial charge is 0.483 e. The van der Waals surface area contributed by atoms with Crippen LogP contribution in [-0.2, 0) is 11.3 Å². The van der Waals surface area contributed by atoms with E-state index in [-0.39, 0.29) is 11.7 Å². The molecule has 2 atom stereocenters. The molecular formula is C20H19F5O2. The quantitative estimate of drug-likeness (QED) is 0.475. The third kappa shape index (κ3) is 4.40. The Labute approximate surface area is 153 Å². The number of hydrogen-bond donors (Lipinski definition) is 0. The molecule has 1 aliphatic heterocycles. The van der Waals surface area contributed by atoms with Gasteiger partial charge in [0.25, 0.3) is 0 Å². The van der Waals surface area contributed by atoms with Gasteiger partial charge in [0.05, 0.1) is 12.7 Å². The van der Waals surface area contributed by atoms with E-state index >= 15 is 0 Å². The lowest BCUT2D eigenvalue weighted by atomic mass is 9.93. The fourth-order valence-electron chi connectivity index (χ4n) is 3.14.